The fourth-order valence-corrected chi connectivity index (χ4v) is 1.11. The molecule has 82 valence electrons. The van der Waals surface area contributed by atoms with Crippen molar-refractivity contribution >= 4 is 11.7 Å². The second-order valence-corrected chi connectivity index (χ2v) is 2.88. The lowest BCUT2D eigenvalue weighted by atomic mass is 10.2. The van der Waals surface area contributed by atoms with Gasteiger partial charge in [-0.1, -0.05) is 0 Å². The molecule has 0 amide bonds. The van der Waals surface area contributed by atoms with Gasteiger partial charge in [-0.3, -0.25) is 4.79 Å². The maximum atomic E-state index is 11.2. The standard InChI is InChI=1S/C10H14N2O3/c1-3-15-9(13)6-7-4-5-8(11)10(12-7)14-2/h4-5H,3,6,11H2,1-2H3. The Kier molecular flexibility index (Phi) is 3.91. The predicted molar refractivity (Wildman–Crippen MR) is 55.5 cm³/mol. The summed E-state index contributed by atoms with van der Waals surface area (Å²) in [5.41, 5.74) is 6.62. The van der Waals surface area contributed by atoms with E-state index in [0.29, 0.717) is 23.9 Å². The minimum Gasteiger partial charge on any atom is -0.480 e. The van der Waals surface area contributed by atoms with E-state index in [9.17, 15) is 4.79 Å². The number of carbonyl (C=O) groups is 1. The number of rotatable bonds is 4. The number of methoxy groups -OCH3 is 1. The number of pyridine rings is 1. The molecule has 2 N–H and O–H groups in total. The van der Waals surface area contributed by atoms with Crippen molar-refractivity contribution in [1.29, 1.82) is 0 Å². The van der Waals surface area contributed by atoms with Crippen molar-refractivity contribution in [2.24, 2.45) is 0 Å². The molecule has 0 aliphatic rings. The third-order valence-corrected chi connectivity index (χ3v) is 1.77. The van der Waals surface area contributed by atoms with Gasteiger partial charge in [0.1, 0.15) is 0 Å². The predicted octanol–water partition coefficient (Wildman–Crippen LogP) is 0.778. The summed E-state index contributed by atoms with van der Waals surface area (Å²) in [6.45, 7) is 2.12. The van der Waals surface area contributed by atoms with Gasteiger partial charge in [0.25, 0.3) is 0 Å². The Bertz CT molecular complexity index is 353. The Labute approximate surface area is 88.2 Å². The van der Waals surface area contributed by atoms with Crippen LogP contribution in [-0.4, -0.2) is 24.7 Å². The van der Waals surface area contributed by atoms with Gasteiger partial charge in [0.05, 0.1) is 31.5 Å². The molecule has 0 aliphatic carbocycles. The second-order valence-electron chi connectivity index (χ2n) is 2.88. The largest absolute Gasteiger partial charge is 0.480 e. The first-order valence-electron chi connectivity index (χ1n) is 4.62. The number of hydrogen-bond acceptors (Lipinski definition) is 5. The number of aromatic nitrogens is 1. The van der Waals surface area contributed by atoms with E-state index in [4.69, 9.17) is 15.2 Å². The Morgan fingerprint density at radius 1 is 1.53 bits per heavy atom. The SMILES string of the molecule is CCOC(=O)Cc1ccc(N)c(OC)n1. The van der Waals surface area contributed by atoms with Crippen LogP contribution in [0, 0.1) is 0 Å². The first-order chi connectivity index (χ1) is 7.17. The molecule has 15 heavy (non-hydrogen) atoms. The third-order valence-electron chi connectivity index (χ3n) is 1.77. The summed E-state index contributed by atoms with van der Waals surface area (Å²) in [5, 5.41) is 0. The van der Waals surface area contributed by atoms with Gasteiger partial charge in [-0.2, -0.15) is 0 Å². The van der Waals surface area contributed by atoms with E-state index in [2.05, 4.69) is 4.98 Å². The Hall–Kier alpha value is -1.78. The van der Waals surface area contributed by atoms with Crippen LogP contribution in [0.2, 0.25) is 0 Å². The molecule has 1 aromatic rings. The zero-order chi connectivity index (χ0) is 11.3. The molecule has 0 fully saturated rings. The summed E-state index contributed by atoms with van der Waals surface area (Å²) in [6, 6.07) is 3.33. The lowest BCUT2D eigenvalue weighted by molar-refractivity contribution is -0.142. The van der Waals surface area contributed by atoms with Gasteiger partial charge in [0.2, 0.25) is 5.88 Å². The fraction of sp³-hybridized carbons (Fsp3) is 0.400. The number of nitrogens with zero attached hydrogens (tertiary/aromatic N) is 1. The summed E-state index contributed by atoms with van der Waals surface area (Å²) >= 11 is 0. The van der Waals surface area contributed by atoms with Crippen LogP contribution in [0.1, 0.15) is 12.6 Å². The highest BCUT2D eigenvalue weighted by Gasteiger charge is 2.08. The van der Waals surface area contributed by atoms with Crippen molar-refractivity contribution in [3.8, 4) is 5.88 Å². The normalized spacial score (nSPS) is 9.73. The van der Waals surface area contributed by atoms with Gasteiger partial charge in [-0.05, 0) is 19.1 Å². The maximum absolute atomic E-state index is 11.2. The molecule has 0 saturated carbocycles. The van der Waals surface area contributed by atoms with Gasteiger partial charge in [0, 0.05) is 0 Å². The van der Waals surface area contributed by atoms with Crippen molar-refractivity contribution in [2.45, 2.75) is 13.3 Å². The summed E-state index contributed by atoms with van der Waals surface area (Å²) in [7, 11) is 1.48. The highest BCUT2D eigenvalue weighted by molar-refractivity contribution is 5.72. The molecule has 1 heterocycles. The topological polar surface area (TPSA) is 74.4 Å². The van der Waals surface area contributed by atoms with Crippen LogP contribution in [0.3, 0.4) is 0 Å². The Morgan fingerprint density at radius 2 is 2.27 bits per heavy atom. The molecule has 0 aliphatic heterocycles. The van der Waals surface area contributed by atoms with Crippen LogP contribution in [-0.2, 0) is 16.0 Å². The van der Waals surface area contributed by atoms with E-state index in [-0.39, 0.29) is 12.4 Å². The number of hydrogen-bond donors (Lipinski definition) is 1. The lowest BCUT2D eigenvalue weighted by Crippen LogP contribution is -2.09. The summed E-state index contributed by atoms with van der Waals surface area (Å²) in [5.74, 6) is 0.0219. The van der Waals surface area contributed by atoms with Gasteiger partial charge >= 0.3 is 5.97 Å². The Balaban J connectivity index is 2.74. The molecule has 0 spiro atoms. The lowest BCUT2D eigenvalue weighted by Gasteiger charge is -2.05. The second kappa shape index (κ2) is 5.19. The molecule has 0 radical (unpaired) electrons. The summed E-state index contributed by atoms with van der Waals surface area (Å²) < 4.78 is 9.74. The molecule has 0 bridgehead atoms. The van der Waals surface area contributed by atoms with E-state index < -0.39 is 0 Å². The fourth-order valence-electron chi connectivity index (χ4n) is 1.11. The minimum absolute atomic E-state index is 0.129. The molecule has 0 unspecified atom stereocenters. The van der Waals surface area contributed by atoms with Crippen LogP contribution >= 0.6 is 0 Å². The van der Waals surface area contributed by atoms with Gasteiger partial charge < -0.3 is 15.2 Å². The number of nitrogens with two attached hydrogens (primary N) is 1. The van der Waals surface area contributed by atoms with E-state index in [0.717, 1.165) is 0 Å². The first kappa shape index (κ1) is 11.3. The zero-order valence-electron chi connectivity index (χ0n) is 8.82. The smallest absolute Gasteiger partial charge is 0.311 e. The number of ether oxygens (including phenoxy) is 2. The highest BCUT2D eigenvalue weighted by atomic mass is 16.5. The zero-order valence-corrected chi connectivity index (χ0v) is 8.82. The average Bonchev–Trinajstić information content (AvgIpc) is 2.21. The van der Waals surface area contributed by atoms with Crippen molar-refractivity contribution in [3.63, 3.8) is 0 Å². The van der Waals surface area contributed by atoms with Crippen molar-refractivity contribution in [2.75, 3.05) is 19.5 Å². The number of anilines is 1. The molecule has 5 nitrogen and oxygen atoms in total. The van der Waals surface area contributed by atoms with Crippen LogP contribution in [0.4, 0.5) is 5.69 Å². The van der Waals surface area contributed by atoms with Crippen molar-refractivity contribution in [1.82, 2.24) is 4.98 Å². The van der Waals surface area contributed by atoms with E-state index >= 15 is 0 Å². The maximum Gasteiger partial charge on any atom is 0.311 e. The molecule has 1 rings (SSSR count). The molecule has 0 atom stereocenters. The molecule has 0 aromatic carbocycles. The van der Waals surface area contributed by atoms with Crippen LogP contribution in [0.5, 0.6) is 5.88 Å². The molecular weight excluding hydrogens is 196 g/mol. The minimum atomic E-state index is -0.308. The van der Waals surface area contributed by atoms with E-state index in [1.807, 2.05) is 0 Å². The van der Waals surface area contributed by atoms with Gasteiger partial charge in [-0.25, -0.2) is 4.98 Å². The van der Waals surface area contributed by atoms with E-state index in [1.165, 1.54) is 7.11 Å². The Morgan fingerprint density at radius 3 is 2.87 bits per heavy atom. The molecule has 0 saturated heterocycles. The van der Waals surface area contributed by atoms with Crippen LogP contribution in [0.15, 0.2) is 12.1 Å². The third kappa shape index (κ3) is 3.12. The quantitative estimate of drug-likeness (QED) is 0.743. The monoisotopic (exact) mass is 210 g/mol. The number of carbonyl (C=O) groups excluding carboxylic acids is 1. The summed E-state index contributed by atoms with van der Waals surface area (Å²) in [4.78, 5) is 15.2. The molecule has 1 aromatic heterocycles. The molecule has 5 heteroatoms. The first-order valence-corrected chi connectivity index (χ1v) is 4.62. The van der Waals surface area contributed by atoms with Crippen molar-refractivity contribution < 1.29 is 14.3 Å². The van der Waals surface area contributed by atoms with Gasteiger partial charge in [-0.15, -0.1) is 0 Å². The van der Waals surface area contributed by atoms with E-state index in [1.54, 1.807) is 19.1 Å². The van der Waals surface area contributed by atoms with Crippen molar-refractivity contribution in [3.05, 3.63) is 17.8 Å². The van der Waals surface area contributed by atoms with Crippen LogP contribution < -0.4 is 10.5 Å². The average molecular weight is 210 g/mol. The van der Waals surface area contributed by atoms with Crippen LogP contribution in [0.25, 0.3) is 0 Å². The summed E-state index contributed by atoms with van der Waals surface area (Å²) in [6.07, 6.45) is 0.129. The molecular formula is C10H14N2O3. The number of nitrogen functional groups attached to an aromatic ring is 1. The number of esters is 1. The van der Waals surface area contributed by atoms with Gasteiger partial charge in [0.15, 0.2) is 0 Å². The highest BCUT2D eigenvalue weighted by Crippen LogP contribution is 2.17.